The molecule has 2 unspecified atom stereocenters. The molecule has 0 heterocycles. The minimum absolute atomic E-state index is 0.140. The molecule has 2 atom stereocenters. The molecule has 1 aromatic rings. The van der Waals surface area contributed by atoms with Crippen molar-refractivity contribution in [3.8, 4) is 0 Å². The SMILES string of the molecule is CC(C)CC(CN)C(O)c1ccc(Br)cc1. The normalized spacial score (nSPS) is 15.1. The summed E-state index contributed by atoms with van der Waals surface area (Å²) < 4.78 is 1.02. The number of aliphatic hydroxyl groups excluding tert-OH is 1. The number of nitrogens with two attached hydrogens (primary N) is 1. The van der Waals surface area contributed by atoms with Crippen molar-refractivity contribution in [3.05, 3.63) is 34.3 Å². The van der Waals surface area contributed by atoms with Crippen LogP contribution in [-0.2, 0) is 0 Å². The minimum atomic E-state index is -0.458. The van der Waals surface area contributed by atoms with E-state index in [0.29, 0.717) is 12.5 Å². The predicted molar refractivity (Wildman–Crippen MR) is 71.1 cm³/mol. The molecule has 0 aliphatic heterocycles. The van der Waals surface area contributed by atoms with E-state index in [1.807, 2.05) is 24.3 Å². The number of halogens is 1. The highest BCUT2D eigenvalue weighted by molar-refractivity contribution is 9.10. The Morgan fingerprint density at radius 1 is 1.25 bits per heavy atom. The van der Waals surface area contributed by atoms with Crippen molar-refractivity contribution < 1.29 is 5.11 Å². The zero-order valence-electron chi connectivity index (χ0n) is 9.86. The van der Waals surface area contributed by atoms with Gasteiger partial charge < -0.3 is 10.8 Å². The van der Waals surface area contributed by atoms with Crippen LogP contribution in [0.25, 0.3) is 0 Å². The summed E-state index contributed by atoms with van der Waals surface area (Å²) in [6, 6.07) is 7.78. The van der Waals surface area contributed by atoms with Crippen LogP contribution in [0.1, 0.15) is 31.9 Å². The monoisotopic (exact) mass is 285 g/mol. The van der Waals surface area contributed by atoms with Crippen molar-refractivity contribution in [2.24, 2.45) is 17.6 Å². The number of hydrogen-bond acceptors (Lipinski definition) is 2. The van der Waals surface area contributed by atoms with E-state index in [2.05, 4.69) is 29.8 Å². The average Bonchev–Trinajstić information content (AvgIpc) is 2.25. The van der Waals surface area contributed by atoms with Gasteiger partial charge in [-0.1, -0.05) is 41.9 Å². The maximum atomic E-state index is 10.2. The first-order valence-electron chi connectivity index (χ1n) is 5.68. The summed E-state index contributed by atoms with van der Waals surface area (Å²) >= 11 is 3.38. The molecule has 90 valence electrons. The average molecular weight is 286 g/mol. The summed E-state index contributed by atoms with van der Waals surface area (Å²) in [4.78, 5) is 0. The van der Waals surface area contributed by atoms with Crippen molar-refractivity contribution in [1.29, 1.82) is 0 Å². The van der Waals surface area contributed by atoms with Crippen LogP contribution in [-0.4, -0.2) is 11.7 Å². The van der Waals surface area contributed by atoms with Crippen LogP contribution in [0.5, 0.6) is 0 Å². The number of rotatable bonds is 5. The third-order valence-corrected chi connectivity index (χ3v) is 3.26. The molecule has 0 radical (unpaired) electrons. The second-order valence-electron chi connectivity index (χ2n) is 4.62. The van der Waals surface area contributed by atoms with E-state index < -0.39 is 6.10 Å². The highest BCUT2D eigenvalue weighted by Gasteiger charge is 2.20. The highest BCUT2D eigenvalue weighted by atomic mass is 79.9. The minimum Gasteiger partial charge on any atom is -0.388 e. The van der Waals surface area contributed by atoms with Gasteiger partial charge in [0.2, 0.25) is 0 Å². The second-order valence-corrected chi connectivity index (χ2v) is 5.54. The molecule has 0 aliphatic carbocycles. The molecule has 0 saturated carbocycles. The molecule has 0 fully saturated rings. The van der Waals surface area contributed by atoms with Crippen molar-refractivity contribution in [2.75, 3.05) is 6.54 Å². The van der Waals surface area contributed by atoms with Crippen LogP contribution in [0.4, 0.5) is 0 Å². The van der Waals surface area contributed by atoms with Gasteiger partial charge in [0.15, 0.2) is 0 Å². The molecule has 0 bridgehead atoms. The van der Waals surface area contributed by atoms with Crippen LogP contribution in [0.2, 0.25) is 0 Å². The third kappa shape index (κ3) is 3.89. The molecule has 2 nitrogen and oxygen atoms in total. The van der Waals surface area contributed by atoms with Gasteiger partial charge in [0.1, 0.15) is 0 Å². The van der Waals surface area contributed by atoms with E-state index in [0.717, 1.165) is 16.5 Å². The molecule has 0 aliphatic rings. The van der Waals surface area contributed by atoms with Gasteiger partial charge in [-0.2, -0.15) is 0 Å². The largest absolute Gasteiger partial charge is 0.388 e. The maximum absolute atomic E-state index is 10.2. The molecular formula is C13H20BrNO. The van der Waals surface area contributed by atoms with E-state index in [9.17, 15) is 5.11 Å². The first-order chi connectivity index (χ1) is 7.54. The zero-order valence-corrected chi connectivity index (χ0v) is 11.4. The molecular weight excluding hydrogens is 266 g/mol. The van der Waals surface area contributed by atoms with Gasteiger partial charge in [-0.05, 0) is 36.6 Å². The Morgan fingerprint density at radius 3 is 2.25 bits per heavy atom. The second kappa shape index (κ2) is 6.38. The Hall–Kier alpha value is -0.380. The summed E-state index contributed by atoms with van der Waals surface area (Å²) in [7, 11) is 0. The summed E-state index contributed by atoms with van der Waals surface area (Å²) in [6.45, 7) is 4.82. The van der Waals surface area contributed by atoms with E-state index in [1.54, 1.807) is 0 Å². The molecule has 3 heteroatoms. The quantitative estimate of drug-likeness (QED) is 0.873. The summed E-state index contributed by atoms with van der Waals surface area (Å²) in [5, 5.41) is 10.2. The maximum Gasteiger partial charge on any atom is 0.0830 e. The van der Waals surface area contributed by atoms with Gasteiger partial charge in [-0.15, -0.1) is 0 Å². The molecule has 3 N–H and O–H groups in total. The third-order valence-electron chi connectivity index (χ3n) is 2.73. The molecule has 0 spiro atoms. The van der Waals surface area contributed by atoms with Crippen molar-refractivity contribution in [2.45, 2.75) is 26.4 Å². The van der Waals surface area contributed by atoms with Gasteiger partial charge in [0.05, 0.1) is 6.10 Å². The van der Waals surface area contributed by atoms with Crippen LogP contribution in [0.3, 0.4) is 0 Å². The summed E-state index contributed by atoms with van der Waals surface area (Å²) in [6.07, 6.45) is 0.494. The van der Waals surface area contributed by atoms with Gasteiger partial charge in [0, 0.05) is 10.4 Å². The van der Waals surface area contributed by atoms with Crippen LogP contribution in [0.15, 0.2) is 28.7 Å². The van der Waals surface area contributed by atoms with E-state index in [4.69, 9.17) is 5.73 Å². The smallest absolute Gasteiger partial charge is 0.0830 e. The Balaban J connectivity index is 2.74. The topological polar surface area (TPSA) is 46.2 Å². The molecule has 0 aromatic heterocycles. The molecule has 16 heavy (non-hydrogen) atoms. The van der Waals surface area contributed by atoms with Crippen LogP contribution < -0.4 is 5.73 Å². The number of benzene rings is 1. The fraction of sp³-hybridized carbons (Fsp3) is 0.538. The Bertz CT molecular complexity index is 310. The molecule has 1 aromatic carbocycles. The molecule has 0 saturated heterocycles. The fourth-order valence-electron chi connectivity index (χ4n) is 1.89. The van der Waals surface area contributed by atoms with Crippen molar-refractivity contribution in [3.63, 3.8) is 0 Å². The molecule has 1 rings (SSSR count). The van der Waals surface area contributed by atoms with E-state index in [1.165, 1.54) is 0 Å². The number of hydrogen-bond donors (Lipinski definition) is 2. The van der Waals surface area contributed by atoms with Gasteiger partial charge in [-0.25, -0.2) is 0 Å². The van der Waals surface area contributed by atoms with Crippen LogP contribution in [0, 0.1) is 11.8 Å². The Labute approximate surface area is 106 Å². The van der Waals surface area contributed by atoms with Crippen molar-refractivity contribution >= 4 is 15.9 Å². The number of aliphatic hydroxyl groups is 1. The first-order valence-corrected chi connectivity index (χ1v) is 6.47. The lowest BCUT2D eigenvalue weighted by Crippen LogP contribution is -2.23. The zero-order chi connectivity index (χ0) is 12.1. The van der Waals surface area contributed by atoms with E-state index >= 15 is 0 Å². The Kier molecular flexibility index (Phi) is 5.46. The van der Waals surface area contributed by atoms with Crippen molar-refractivity contribution in [1.82, 2.24) is 0 Å². The fourth-order valence-corrected chi connectivity index (χ4v) is 2.16. The van der Waals surface area contributed by atoms with Gasteiger partial charge in [0.25, 0.3) is 0 Å². The predicted octanol–water partition coefficient (Wildman–Crippen LogP) is 3.10. The Morgan fingerprint density at radius 2 is 1.81 bits per heavy atom. The summed E-state index contributed by atoms with van der Waals surface area (Å²) in [5.41, 5.74) is 6.66. The lowest BCUT2D eigenvalue weighted by atomic mass is 9.88. The van der Waals surface area contributed by atoms with Gasteiger partial charge >= 0.3 is 0 Å². The van der Waals surface area contributed by atoms with E-state index in [-0.39, 0.29) is 5.92 Å². The lowest BCUT2D eigenvalue weighted by molar-refractivity contribution is 0.0995. The van der Waals surface area contributed by atoms with Crippen LogP contribution >= 0.6 is 15.9 Å². The lowest BCUT2D eigenvalue weighted by Gasteiger charge is -2.23. The first kappa shape index (κ1) is 13.7. The standard InChI is InChI=1S/C13H20BrNO/c1-9(2)7-11(8-15)13(16)10-3-5-12(14)6-4-10/h3-6,9,11,13,16H,7-8,15H2,1-2H3. The summed E-state index contributed by atoms with van der Waals surface area (Å²) in [5.74, 6) is 0.694. The van der Waals surface area contributed by atoms with Gasteiger partial charge in [-0.3, -0.25) is 0 Å². The highest BCUT2D eigenvalue weighted by Crippen LogP contribution is 2.27. The molecule has 0 amide bonds.